The molecule has 5 nitrogen and oxygen atoms in total. The first-order chi connectivity index (χ1) is 9.15. The number of benzene rings is 1. The molecule has 19 heavy (non-hydrogen) atoms. The van der Waals surface area contributed by atoms with Gasteiger partial charge in [-0.1, -0.05) is 40.9 Å². The molecule has 0 unspecified atom stereocenters. The molecule has 1 heterocycles. The molecule has 0 aliphatic carbocycles. The summed E-state index contributed by atoms with van der Waals surface area (Å²) in [5.41, 5.74) is 6.88. The van der Waals surface area contributed by atoms with Crippen LogP contribution in [0.3, 0.4) is 0 Å². The van der Waals surface area contributed by atoms with Crippen LogP contribution < -0.4 is 5.73 Å². The maximum Gasteiger partial charge on any atom is 0.339 e. The van der Waals surface area contributed by atoms with Gasteiger partial charge in [0.05, 0.1) is 17.6 Å². The number of nitrogens with zero attached hydrogens (tertiary/aromatic N) is 2. The van der Waals surface area contributed by atoms with Gasteiger partial charge in [0, 0.05) is 5.69 Å². The maximum absolute atomic E-state index is 11.7. The van der Waals surface area contributed by atoms with E-state index in [1.807, 2.05) is 6.26 Å². The van der Waals surface area contributed by atoms with E-state index in [0.29, 0.717) is 16.1 Å². The Bertz CT molecular complexity index is 601. The molecule has 0 fully saturated rings. The van der Waals surface area contributed by atoms with Crippen molar-refractivity contribution in [3.8, 4) is 0 Å². The summed E-state index contributed by atoms with van der Waals surface area (Å²) in [5, 5.41) is 8.06. The van der Waals surface area contributed by atoms with Gasteiger partial charge >= 0.3 is 5.97 Å². The third-order valence-electron chi connectivity index (χ3n) is 2.20. The summed E-state index contributed by atoms with van der Waals surface area (Å²) in [6, 6.07) is 5.14. The highest BCUT2D eigenvalue weighted by Crippen LogP contribution is 2.37. The summed E-state index contributed by atoms with van der Waals surface area (Å²) in [5.74, 6) is -0.413. The predicted octanol–water partition coefficient (Wildman–Crippen LogP) is 2.78. The first kappa shape index (κ1) is 14.2. The standard InChI is InChI=1S/C11H11N3O2S3/c1-16-9(15)6-4-3-5-7(12)8(6)18-11-14-13-10(17-2)19-11/h3-5H,12H2,1-2H3. The predicted molar refractivity (Wildman–Crippen MR) is 78.0 cm³/mol. The number of nitrogens with two attached hydrogens (primary N) is 1. The molecule has 0 aliphatic rings. The van der Waals surface area contributed by atoms with Gasteiger partial charge in [0.2, 0.25) is 0 Å². The van der Waals surface area contributed by atoms with Crippen LogP contribution in [-0.4, -0.2) is 29.5 Å². The summed E-state index contributed by atoms with van der Waals surface area (Å²) in [6.07, 6.45) is 1.94. The Kier molecular flexibility index (Phi) is 4.67. The summed E-state index contributed by atoms with van der Waals surface area (Å²) < 4.78 is 6.37. The molecule has 0 amide bonds. The molecule has 2 rings (SSSR count). The zero-order valence-corrected chi connectivity index (χ0v) is 12.7. The van der Waals surface area contributed by atoms with Gasteiger partial charge in [0.15, 0.2) is 8.68 Å². The molecule has 0 spiro atoms. The third kappa shape index (κ3) is 3.20. The van der Waals surface area contributed by atoms with Gasteiger partial charge in [-0.25, -0.2) is 4.79 Å². The number of aromatic nitrogens is 2. The van der Waals surface area contributed by atoms with Crippen molar-refractivity contribution in [3.63, 3.8) is 0 Å². The highest BCUT2D eigenvalue weighted by Gasteiger charge is 2.17. The summed E-state index contributed by atoms with van der Waals surface area (Å²) >= 11 is 4.32. The van der Waals surface area contributed by atoms with Crippen molar-refractivity contribution in [2.75, 3.05) is 19.1 Å². The van der Waals surface area contributed by atoms with Gasteiger partial charge in [-0.05, 0) is 18.4 Å². The zero-order chi connectivity index (χ0) is 13.8. The number of anilines is 1. The fourth-order valence-electron chi connectivity index (χ4n) is 1.35. The first-order valence-corrected chi connectivity index (χ1v) is 8.03. The molecular formula is C11H11N3O2S3. The van der Waals surface area contributed by atoms with E-state index in [2.05, 4.69) is 10.2 Å². The fourth-order valence-corrected chi connectivity index (χ4v) is 3.87. The van der Waals surface area contributed by atoms with Gasteiger partial charge < -0.3 is 10.5 Å². The second-order valence-electron chi connectivity index (χ2n) is 3.36. The number of carbonyl (C=O) groups excluding carboxylic acids is 1. The molecule has 0 saturated carbocycles. The van der Waals surface area contributed by atoms with E-state index in [1.165, 1.54) is 42.0 Å². The molecule has 0 bridgehead atoms. The van der Waals surface area contributed by atoms with Crippen molar-refractivity contribution in [1.29, 1.82) is 0 Å². The highest BCUT2D eigenvalue weighted by molar-refractivity contribution is 8.03. The molecule has 0 radical (unpaired) electrons. The van der Waals surface area contributed by atoms with E-state index in [-0.39, 0.29) is 0 Å². The average Bonchev–Trinajstić information content (AvgIpc) is 2.88. The van der Waals surface area contributed by atoms with Crippen LogP contribution >= 0.6 is 34.9 Å². The van der Waals surface area contributed by atoms with Crippen LogP contribution in [0.5, 0.6) is 0 Å². The SMILES string of the molecule is COC(=O)c1cccc(N)c1Sc1nnc(SC)s1. The van der Waals surface area contributed by atoms with Crippen molar-refractivity contribution in [2.24, 2.45) is 0 Å². The molecule has 8 heteroatoms. The number of nitrogen functional groups attached to an aromatic ring is 1. The van der Waals surface area contributed by atoms with E-state index in [9.17, 15) is 4.79 Å². The average molecular weight is 313 g/mol. The summed E-state index contributed by atoms with van der Waals surface area (Å²) in [7, 11) is 1.34. The number of ether oxygens (including phenoxy) is 1. The van der Waals surface area contributed by atoms with Crippen LogP contribution in [0.25, 0.3) is 0 Å². The Balaban J connectivity index is 2.35. The van der Waals surface area contributed by atoms with Crippen molar-refractivity contribution in [1.82, 2.24) is 10.2 Å². The number of carbonyl (C=O) groups is 1. The molecule has 1 aromatic heterocycles. The second-order valence-corrected chi connectivity index (χ2v) is 6.64. The van der Waals surface area contributed by atoms with Gasteiger partial charge in [-0.2, -0.15) is 0 Å². The van der Waals surface area contributed by atoms with Crippen LogP contribution in [0.4, 0.5) is 5.69 Å². The van der Waals surface area contributed by atoms with Crippen molar-refractivity contribution >= 4 is 46.5 Å². The van der Waals surface area contributed by atoms with Gasteiger partial charge in [0.25, 0.3) is 0 Å². The molecule has 0 aliphatic heterocycles. The number of thioether (sulfide) groups is 1. The minimum absolute atomic E-state index is 0.413. The quantitative estimate of drug-likeness (QED) is 0.528. The lowest BCUT2D eigenvalue weighted by Gasteiger charge is -2.08. The van der Waals surface area contributed by atoms with E-state index < -0.39 is 5.97 Å². The highest BCUT2D eigenvalue weighted by atomic mass is 32.2. The van der Waals surface area contributed by atoms with Crippen LogP contribution in [0.1, 0.15) is 10.4 Å². The number of hydrogen-bond acceptors (Lipinski definition) is 8. The van der Waals surface area contributed by atoms with Crippen LogP contribution in [0, 0.1) is 0 Å². The summed E-state index contributed by atoms with van der Waals surface area (Å²) in [6.45, 7) is 0. The number of methoxy groups -OCH3 is 1. The number of rotatable bonds is 4. The monoisotopic (exact) mass is 313 g/mol. The zero-order valence-electron chi connectivity index (χ0n) is 10.2. The van der Waals surface area contributed by atoms with E-state index >= 15 is 0 Å². The maximum atomic E-state index is 11.7. The topological polar surface area (TPSA) is 78.1 Å². The fraction of sp³-hybridized carbons (Fsp3) is 0.182. The van der Waals surface area contributed by atoms with Crippen molar-refractivity contribution in [3.05, 3.63) is 23.8 Å². The minimum atomic E-state index is -0.413. The normalized spacial score (nSPS) is 10.4. The van der Waals surface area contributed by atoms with E-state index in [0.717, 1.165) is 8.68 Å². The molecule has 2 N–H and O–H groups in total. The molecular weight excluding hydrogens is 302 g/mol. The van der Waals surface area contributed by atoms with E-state index in [4.69, 9.17) is 10.5 Å². The number of esters is 1. The van der Waals surface area contributed by atoms with Gasteiger partial charge in [-0.15, -0.1) is 10.2 Å². The van der Waals surface area contributed by atoms with Crippen LogP contribution in [0.2, 0.25) is 0 Å². The molecule has 100 valence electrons. The Morgan fingerprint density at radius 3 is 2.74 bits per heavy atom. The van der Waals surface area contributed by atoms with E-state index in [1.54, 1.807) is 18.2 Å². The Morgan fingerprint density at radius 2 is 2.11 bits per heavy atom. The first-order valence-electron chi connectivity index (χ1n) is 5.18. The Morgan fingerprint density at radius 1 is 1.37 bits per heavy atom. The largest absolute Gasteiger partial charge is 0.465 e. The lowest BCUT2D eigenvalue weighted by molar-refractivity contribution is 0.0597. The van der Waals surface area contributed by atoms with Crippen LogP contribution in [0.15, 0.2) is 31.8 Å². The summed E-state index contributed by atoms with van der Waals surface area (Å²) in [4.78, 5) is 12.4. The van der Waals surface area contributed by atoms with Crippen LogP contribution in [-0.2, 0) is 4.74 Å². The molecule has 2 aromatic rings. The Hall–Kier alpha value is -1.25. The molecule has 0 atom stereocenters. The molecule has 0 saturated heterocycles. The van der Waals surface area contributed by atoms with Crippen molar-refractivity contribution < 1.29 is 9.53 Å². The smallest absolute Gasteiger partial charge is 0.339 e. The minimum Gasteiger partial charge on any atom is -0.465 e. The van der Waals surface area contributed by atoms with Gasteiger partial charge in [-0.3, -0.25) is 0 Å². The lowest BCUT2D eigenvalue weighted by Crippen LogP contribution is -2.04. The lowest BCUT2D eigenvalue weighted by atomic mass is 10.2. The molecule has 1 aromatic carbocycles. The Labute approximate surface area is 122 Å². The number of hydrogen-bond donors (Lipinski definition) is 1. The third-order valence-corrected chi connectivity index (χ3v) is 5.31. The van der Waals surface area contributed by atoms with Gasteiger partial charge in [0.1, 0.15) is 0 Å². The van der Waals surface area contributed by atoms with Crippen molar-refractivity contribution in [2.45, 2.75) is 13.6 Å². The second kappa shape index (κ2) is 6.27.